The summed E-state index contributed by atoms with van der Waals surface area (Å²) in [5, 5.41) is 13.5. The second-order valence-corrected chi connectivity index (χ2v) is 4.04. The van der Waals surface area contributed by atoms with Gasteiger partial charge in [-0.2, -0.15) is 4.98 Å². The molecule has 0 aliphatic rings. The molecule has 2 rings (SSSR count). The van der Waals surface area contributed by atoms with Gasteiger partial charge in [0.15, 0.2) is 0 Å². The molecule has 0 saturated carbocycles. The van der Waals surface area contributed by atoms with E-state index in [4.69, 9.17) is 8.94 Å². The second-order valence-electron chi connectivity index (χ2n) is 4.04. The van der Waals surface area contributed by atoms with Crippen LogP contribution in [0.1, 0.15) is 19.7 Å². The van der Waals surface area contributed by atoms with Crippen molar-refractivity contribution in [1.29, 1.82) is 0 Å². The van der Waals surface area contributed by atoms with Crippen LogP contribution in [0, 0.1) is 5.92 Å². The number of furan rings is 1. The van der Waals surface area contributed by atoms with Crippen LogP contribution >= 0.6 is 0 Å². The van der Waals surface area contributed by atoms with E-state index in [0.29, 0.717) is 18.1 Å². The van der Waals surface area contributed by atoms with Gasteiger partial charge >= 0.3 is 0 Å². The summed E-state index contributed by atoms with van der Waals surface area (Å²) in [4.78, 5) is 4.18. The smallest absolute Gasteiger partial charge is 0.229 e. The molecule has 0 aliphatic carbocycles. The van der Waals surface area contributed by atoms with E-state index >= 15 is 0 Å². The van der Waals surface area contributed by atoms with Crippen molar-refractivity contribution in [3.05, 3.63) is 24.5 Å². The van der Waals surface area contributed by atoms with Crippen LogP contribution < -0.4 is 0 Å². The first kappa shape index (κ1) is 10.9. The molecular weight excluding hydrogens is 208 g/mol. The molecule has 0 bridgehead atoms. The molecule has 5 heteroatoms. The standard InChI is InChI=1S/C11H14N2O3/c1-7(2)9(14)5-10-12-11(13-16-10)8-3-4-15-6-8/h3-4,6-7,9,14H,5H2,1-2H3. The average Bonchev–Trinajstić information content (AvgIpc) is 2.85. The van der Waals surface area contributed by atoms with E-state index in [9.17, 15) is 5.11 Å². The van der Waals surface area contributed by atoms with Crippen LogP contribution in [0.15, 0.2) is 27.5 Å². The van der Waals surface area contributed by atoms with Gasteiger partial charge in [0.2, 0.25) is 11.7 Å². The Kier molecular flexibility index (Phi) is 3.05. The molecule has 2 aromatic rings. The zero-order valence-corrected chi connectivity index (χ0v) is 9.25. The monoisotopic (exact) mass is 222 g/mol. The van der Waals surface area contributed by atoms with Crippen LogP contribution in [-0.4, -0.2) is 21.4 Å². The van der Waals surface area contributed by atoms with Crippen molar-refractivity contribution >= 4 is 0 Å². The first-order chi connectivity index (χ1) is 7.66. The third kappa shape index (κ3) is 2.30. The van der Waals surface area contributed by atoms with Gasteiger partial charge in [-0.15, -0.1) is 0 Å². The number of aliphatic hydroxyl groups excluding tert-OH is 1. The van der Waals surface area contributed by atoms with Gasteiger partial charge in [0.1, 0.15) is 6.26 Å². The summed E-state index contributed by atoms with van der Waals surface area (Å²) in [7, 11) is 0. The van der Waals surface area contributed by atoms with Crippen LogP contribution in [0.2, 0.25) is 0 Å². The average molecular weight is 222 g/mol. The molecule has 2 aromatic heterocycles. The molecule has 0 amide bonds. The number of hydrogen-bond donors (Lipinski definition) is 1. The fourth-order valence-electron chi connectivity index (χ4n) is 1.26. The summed E-state index contributed by atoms with van der Waals surface area (Å²) in [5.74, 6) is 1.10. The van der Waals surface area contributed by atoms with Gasteiger partial charge in [0.25, 0.3) is 0 Å². The summed E-state index contributed by atoms with van der Waals surface area (Å²) >= 11 is 0. The number of rotatable bonds is 4. The molecule has 0 radical (unpaired) electrons. The quantitative estimate of drug-likeness (QED) is 0.855. The SMILES string of the molecule is CC(C)C(O)Cc1nc(-c2ccoc2)no1. The van der Waals surface area contributed by atoms with Crippen LogP contribution in [0.25, 0.3) is 11.4 Å². The van der Waals surface area contributed by atoms with Crippen molar-refractivity contribution in [2.24, 2.45) is 5.92 Å². The lowest BCUT2D eigenvalue weighted by Crippen LogP contribution is -2.17. The Balaban J connectivity index is 2.08. The molecule has 2 heterocycles. The van der Waals surface area contributed by atoms with Crippen LogP contribution in [0.4, 0.5) is 0 Å². The minimum atomic E-state index is -0.461. The Hall–Kier alpha value is -1.62. The number of aromatic nitrogens is 2. The first-order valence-electron chi connectivity index (χ1n) is 5.20. The molecule has 0 aliphatic heterocycles. The third-order valence-electron chi connectivity index (χ3n) is 2.40. The maximum atomic E-state index is 9.67. The summed E-state index contributed by atoms with van der Waals surface area (Å²) in [6.07, 6.45) is 3.02. The van der Waals surface area contributed by atoms with Crippen LogP contribution in [0.3, 0.4) is 0 Å². The summed E-state index contributed by atoms with van der Waals surface area (Å²) in [6, 6.07) is 1.76. The summed E-state index contributed by atoms with van der Waals surface area (Å²) in [6.45, 7) is 3.88. The highest BCUT2D eigenvalue weighted by molar-refractivity contribution is 5.51. The van der Waals surface area contributed by atoms with Crippen LogP contribution in [-0.2, 0) is 6.42 Å². The molecule has 0 aromatic carbocycles. The molecule has 0 spiro atoms. The number of aliphatic hydroxyl groups is 1. The fraction of sp³-hybridized carbons (Fsp3) is 0.455. The van der Waals surface area contributed by atoms with Crippen molar-refractivity contribution in [3.63, 3.8) is 0 Å². The van der Waals surface area contributed by atoms with E-state index in [-0.39, 0.29) is 5.92 Å². The Morgan fingerprint density at radius 1 is 1.44 bits per heavy atom. The first-order valence-corrected chi connectivity index (χ1v) is 5.20. The highest BCUT2D eigenvalue weighted by Gasteiger charge is 2.16. The van der Waals surface area contributed by atoms with E-state index in [0.717, 1.165) is 5.56 Å². The Labute approximate surface area is 93.1 Å². The van der Waals surface area contributed by atoms with E-state index < -0.39 is 6.10 Å². The Morgan fingerprint density at radius 3 is 2.88 bits per heavy atom. The fourth-order valence-corrected chi connectivity index (χ4v) is 1.26. The number of nitrogens with zero attached hydrogens (tertiary/aromatic N) is 2. The summed E-state index contributed by atoms with van der Waals surface area (Å²) < 4.78 is 9.97. The molecule has 1 N–H and O–H groups in total. The lowest BCUT2D eigenvalue weighted by atomic mass is 10.0. The van der Waals surface area contributed by atoms with Gasteiger partial charge < -0.3 is 14.0 Å². The third-order valence-corrected chi connectivity index (χ3v) is 2.40. The lowest BCUT2D eigenvalue weighted by molar-refractivity contribution is 0.116. The normalized spacial score (nSPS) is 13.2. The van der Waals surface area contributed by atoms with Crippen molar-refractivity contribution in [2.45, 2.75) is 26.4 Å². The molecule has 0 fully saturated rings. The molecule has 1 atom stereocenters. The van der Waals surface area contributed by atoms with E-state index in [2.05, 4.69) is 10.1 Å². The summed E-state index contributed by atoms with van der Waals surface area (Å²) in [5.41, 5.74) is 0.772. The maximum Gasteiger partial charge on any atom is 0.229 e. The maximum absolute atomic E-state index is 9.67. The molecule has 5 nitrogen and oxygen atoms in total. The van der Waals surface area contributed by atoms with Crippen molar-refractivity contribution < 1.29 is 14.0 Å². The molecule has 86 valence electrons. The molecule has 0 saturated heterocycles. The minimum absolute atomic E-state index is 0.171. The highest BCUT2D eigenvalue weighted by atomic mass is 16.5. The predicted molar refractivity (Wildman–Crippen MR) is 56.5 cm³/mol. The topological polar surface area (TPSA) is 72.3 Å². The van der Waals surface area contributed by atoms with Gasteiger partial charge in [-0.3, -0.25) is 0 Å². The van der Waals surface area contributed by atoms with Crippen molar-refractivity contribution in [2.75, 3.05) is 0 Å². The van der Waals surface area contributed by atoms with E-state index in [1.165, 1.54) is 0 Å². The van der Waals surface area contributed by atoms with Crippen molar-refractivity contribution in [1.82, 2.24) is 10.1 Å². The largest absolute Gasteiger partial charge is 0.472 e. The predicted octanol–water partition coefficient (Wildman–Crippen LogP) is 1.89. The molecular formula is C11H14N2O3. The van der Waals surface area contributed by atoms with Gasteiger partial charge in [0.05, 0.1) is 24.4 Å². The lowest BCUT2D eigenvalue weighted by Gasteiger charge is -2.10. The zero-order chi connectivity index (χ0) is 11.5. The number of hydrogen-bond acceptors (Lipinski definition) is 5. The van der Waals surface area contributed by atoms with Gasteiger partial charge in [0, 0.05) is 0 Å². The highest BCUT2D eigenvalue weighted by Crippen LogP contribution is 2.17. The second kappa shape index (κ2) is 4.49. The van der Waals surface area contributed by atoms with Gasteiger partial charge in [-0.1, -0.05) is 19.0 Å². The zero-order valence-electron chi connectivity index (χ0n) is 9.25. The Morgan fingerprint density at radius 2 is 2.25 bits per heavy atom. The van der Waals surface area contributed by atoms with Gasteiger partial charge in [-0.05, 0) is 12.0 Å². The molecule has 16 heavy (non-hydrogen) atoms. The minimum Gasteiger partial charge on any atom is -0.472 e. The van der Waals surface area contributed by atoms with Gasteiger partial charge in [-0.25, -0.2) is 0 Å². The van der Waals surface area contributed by atoms with E-state index in [1.54, 1.807) is 18.6 Å². The molecule has 1 unspecified atom stereocenters. The van der Waals surface area contributed by atoms with Crippen molar-refractivity contribution in [3.8, 4) is 11.4 Å². The van der Waals surface area contributed by atoms with Crippen LogP contribution in [0.5, 0.6) is 0 Å². The Bertz CT molecular complexity index is 434. The van der Waals surface area contributed by atoms with E-state index in [1.807, 2.05) is 13.8 Å².